The maximum Gasteiger partial charge on any atom is 0.221 e. The van der Waals surface area contributed by atoms with E-state index in [0.29, 0.717) is 18.5 Å². The van der Waals surface area contributed by atoms with Crippen LogP contribution in [0.1, 0.15) is 22.5 Å². The van der Waals surface area contributed by atoms with Crippen molar-refractivity contribution < 1.29 is 14.6 Å². The van der Waals surface area contributed by atoms with Crippen LogP contribution in [0.2, 0.25) is 0 Å². The molecule has 3 rings (SSSR count). The van der Waals surface area contributed by atoms with Crippen LogP contribution in [-0.2, 0) is 17.5 Å². The first-order valence-electron chi connectivity index (χ1n) is 8.97. The van der Waals surface area contributed by atoms with Crippen molar-refractivity contribution in [2.45, 2.75) is 18.7 Å². The molecule has 0 spiro atoms. The summed E-state index contributed by atoms with van der Waals surface area (Å²) in [5.74, 6) is -0.806. The highest BCUT2D eigenvalue weighted by Gasteiger charge is 2.33. The summed E-state index contributed by atoms with van der Waals surface area (Å²) in [5, 5.41) is 13.5. The van der Waals surface area contributed by atoms with E-state index in [0.717, 1.165) is 11.1 Å². The summed E-state index contributed by atoms with van der Waals surface area (Å²) >= 11 is 0. The summed E-state index contributed by atoms with van der Waals surface area (Å²) in [7, 11) is -3.63. The van der Waals surface area contributed by atoms with Gasteiger partial charge in [-0.25, -0.2) is 0 Å². The van der Waals surface area contributed by atoms with Crippen LogP contribution in [0.25, 0.3) is 0 Å². The van der Waals surface area contributed by atoms with E-state index >= 15 is 0 Å². The summed E-state index contributed by atoms with van der Waals surface area (Å²) in [6, 6.07) is 26.1. The number of rotatable bonds is 8. The Bertz CT molecular complexity index is 900. The molecule has 0 saturated carbocycles. The zero-order valence-electron chi connectivity index (χ0n) is 15.0. The van der Waals surface area contributed by atoms with Crippen molar-refractivity contribution >= 4 is 7.37 Å². The van der Waals surface area contributed by atoms with E-state index in [9.17, 15) is 14.6 Å². The first kappa shape index (κ1) is 19.4. The smallest absolute Gasteiger partial charge is 0.221 e. The number of hydrogen-bond acceptors (Lipinski definition) is 3. The van der Waals surface area contributed by atoms with Crippen LogP contribution in [0.4, 0.5) is 0 Å². The zero-order chi connectivity index (χ0) is 19.1. The van der Waals surface area contributed by atoms with Crippen LogP contribution >= 0.6 is 7.37 Å². The largest absolute Gasteiger partial charge is 0.508 e. The molecule has 3 aromatic rings. The third-order valence-electron chi connectivity index (χ3n) is 4.54. The fraction of sp³-hybridized carbons (Fsp3) is 0.182. The first-order chi connectivity index (χ1) is 13.1. The Balaban J connectivity index is 1.81. The Morgan fingerprint density at radius 2 is 1.37 bits per heavy atom. The van der Waals surface area contributed by atoms with Gasteiger partial charge in [0, 0.05) is 18.3 Å². The fourth-order valence-electron chi connectivity index (χ4n) is 3.06. The van der Waals surface area contributed by atoms with Crippen LogP contribution < -0.4 is 5.32 Å². The summed E-state index contributed by atoms with van der Waals surface area (Å²) in [5.41, 5.74) is 2.49. The van der Waals surface area contributed by atoms with Gasteiger partial charge in [0.25, 0.3) is 0 Å². The Morgan fingerprint density at radius 3 is 2.00 bits per heavy atom. The van der Waals surface area contributed by atoms with Crippen molar-refractivity contribution in [3.63, 3.8) is 0 Å². The predicted molar refractivity (Wildman–Crippen MR) is 109 cm³/mol. The van der Waals surface area contributed by atoms with Gasteiger partial charge in [-0.05, 0) is 23.6 Å². The molecule has 140 valence electrons. The SMILES string of the molecule is O=P(O)(CCc1ccccc1)C(NCc1ccccc1)c1ccccc1O. The molecule has 3 aromatic carbocycles. The number of phenolic OH excluding ortho intramolecular Hbond substituents is 1. The number of nitrogens with one attached hydrogen (secondary N) is 1. The molecule has 3 N–H and O–H groups in total. The lowest BCUT2D eigenvalue weighted by Crippen LogP contribution is -2.22. The van der Waals surface area contributed by atoms with Gasteiger partial charge < -0.3 is 10.00 Å². The van der Waals surface area contributed by atoms with E-state index < -0.39 is 13.2 Å². The van der Waals surface area contributed by atoms with Crippen LogP contribution in [0, 0.1) is 0 Å². The van der Waals surface area contributed by atoms with Gasteiger partial charge in [-0.2, -0.15) is 0 Å². The highest BCUT2D eigenvalue weighted by Crippen LogP contribution is 2.55. The summed E-state index contributed by atoms with van der Waals surface area (Å²) in [4.78, 5) is 10.9. The van der Waals surface area contributed by atoms with Gasteiger partial charge in [0.1, 0.15) is 11.5 Å². The number of aromatic hydroxyl groups is 1. The standard InChI is InChI=1S/C22H24NO3P/c24-21-14-8-7-13-20(21)22(23-17-19-11-5-2-6-12-19)27(25,26)16-15-18-9-3-1-4-10-18/h1-14,22-24H,15-17H2,(H,25,26). The van der Waals surface area contributed by atoms with Gasteiger partial charge in [-0.15, -0.1) is 0 Å². The minimum absolute atomic E-state index is 0.0250. The highest BCUT2D eigenvalue weighted by atomic mass is 31.2. The molecule has 0 radical (unpaired) electrons. The summed E-state index contributed by atoms with van der Waals surface area (Å²) in [6.07, 6.45) is 0.642. The molecule has 0 aromatic heterocycles. The highest BCUT2D eigenvalue weighted by molar-refractivity contribution is 7.58. The molecular formula is C22H24NO3P. The molecule has 0 aliphatic carbocycles. The summed E-state index contributed by atoms with van der Waals surface area (Å²) in [6.45, 7) is 0.440. The minimum Gasteiger partial charge on any atom is -0.508 e. The van der Waals surface area contributed by atoms with E-state index in [4.69, 9.17) is 0 Å². The Hall–Kier alpha value is -2.39. The second-order valence-corrected chi connectivity index (χ2v) is 9.02. The average molecular weight is 381 g/mol. The molecule has 0 fully saturated rings. The number of phenols is 1. The lowest BCUT2D eigenvalue weighted by Gasteiger charge is -2.25. The van der Waals surface area contributed by atoms with Gasteiger partial charge in [-0.1, -0.05) is 78.9 Å². The minimum atomic E-state index is -3.63. The quantitative estimate of drug-likeness (QED) is 0.495. The lowest BCUT2D eigenvalue weighted by molar-refractivity contribution is 0.431. The molecule has 5 heteroatoms. The number of benzene rings is 3. The molecule has 4 nitrogen and oxygen atoms in total. The van der Waals surface area contributed by atoms with Gasteiger partial charge in [0.2, 0.25) is 7.37 Å². The second kappa shape index (κ2) is 9.01. The van der Waals surface area contributed by atoms with Crippen LogP contribution in [0.5, 0.6) is 5.75 Å². The average Bonchev–Trinajstić information content (AvgIpc) is 2.69. The molecule has 2 atom stereocenters. The van der Waals surface area contributed by atoms with Crippen molar-refractivity contribution in [3.05, 3.63) is 102 Å². The molecular weight excluding hydrogens is 357 g/mol. The van der Waals surface area contributed by atoms with Crippen molar-refractivity contribution in [2.75, 3.05) is 6.16 Å². The van der Waals surface area contributed by atoms with Crippen molar-refractivity contribution in [1.82, 2.24) is 5.32 Å². The molecule has 2 unspecified atom stereocenters. The van der Waals surface area contributed by atoms with Crippen LogP contribution in [-0.4, -0.2) is 16.2 Å². The zero-order valence-corrected chi connectivity index (χ0v) is 15.9. The third kappa shape index (κ3) is 5.30. The van der Waals surface area contributed by atoms with E-state index in [2.05, 4.69) is 5.32 Å². The summed E-state index contributed by atoms with van der Waals surface area (Å²) < 4.78 is 13.2. The molecule has 0 amide bonds. The van der Waals surface area contributed by atoms with Gasteiger partial charge in [0.05, 0.1) is 0 Å². The molecule has 0 saturated heterocycles. The Labute approximate surface area is 160 Å². The number of hydrogen-bond donors (Lipinski definition) is 3. The maximum absolute atomic E-state index is 13.2. The second-order valence-electron chi connectivity index (χ2n) is 6.54. The monoisotopic (exact) mass is 381 g/mol. The third-order valence-corrected chi connectivity index (χ3v) is 6.67. The van der Waals surface area contributed by atoms with Crippen LogP contribution in [0.3, 0.4) is 0 Å². The van der Waals surface area contributed by atoms with Crippen LogP contribution in [0.15, 0.2) is 84.9 Å². The molecule has 0 heterocycles. The lowest BCUT2D eigenvalue weighted by atomic mass is 10.2. The number of aryl methyl sites for hydroxylation is 1. The van der Waals surface area contributed by atoms with Gasteiger partial charge in [0.15, 0.2) is 0 Å². The van der Waals surface area contributed by atoms with Crippen molar-refractivity contribution in [1.29, 1.82) is 0 Å². The van der Waals surface area contributed by atoms with Gasteiger partial charge >= 0.3 is 0 Å². The van der Waals surface area contributed by atoms with Gasteiger partial charge in [-0.3, -0.25) is 9.88 Å². The number of para-hydroxylation sites is 1. The topological polar surface area (TPSA) is 69.6 Å². The van der Waals surface area contributed by atoms with E-state index in [1.807, 2.05) is 60.7 Å². The Kier molecular flexibility index (Phi) is 6.46. The van der Waals surface area contributed by atoms with E-state index in [1.54, 1.807) is 24.3 Å². The first-order valence-corrected chi connectivity index (χ1v) is 10.9. The maximum atomic E-state index is 13.2. The molecule has 27 heavy (non-hydrogen) atoms. The Morgan fingerprint density at radius 1 is 0.815 bits per heavy atom. The normalized spacial score (nSPS) is 14.4. The van der Waals surface area contributed by atoms with Crippen molar-refractivity contribution in [3.8, 4) is 5.75 Å². The molecule has 0 bridgehead atoms. The molecule has 0 aliphatic heterocycles. The molecule has 0 aliphatic rings. The van der Waals surface area contributed by atoms with E-state index in [-0.39, 0.29) is 11.9 Å². The van der Waals surface area contributed by atoms with Crippen molar-refractivity contribution in [2.24, 2.45) is 0 Å². The predicted octanol–water partition coefficient (Wildman–Crippen LogP) is 4.69. The van der Waals surface area contributed by atoms with E-state index in [1.165, 1.54) is 0 Å². The fourth-order valence-corrected chi connectivity index (χ4v) is 4.93.